The summed E-state index contributed by atoms with van der Waals surface area (Å²) in [5.74, 6) is -4.19. The van der Waals surface area contributed by atoms with Crippen molar-refractivity contribution in [1.82, 2.24) is 4.90 Å². The highest BCUT2D eigenvalue weighted by atomic mass is 35.5. The fourth-order valence-electron chi connectivity index (χ4n) is 5.79. The number of benzene rings is 3. The highest BCUT2D eigenvalue weighted by molar-refractivity contribution is 6.30. The minimum atomic E-state index is -4.78. The van der Waals surface area contributed by atoms with Gasteiger partial charge in [0.2, 0.25) is 11.8 Å². The van der Waals surface area contributed by atoms with E-state index in [1.54, 1.807) is 35.4 Å². The maximum Gasteiger partial charge on any atom is 0.418 e. The molecule has 37 heavy (non-hydrogen) atoms. The van der Waals surface area contributed by atoms with Crippen LogP contribution in [0.15, 0.2) is 79.0 Å². The summed E-state index contributed by atoms with van der Waals surface area (Å²) in [6, 6.07) is 16.2. The zero-order valence-electron chi connectivity index (χ0n) is 19.0. The molecule has 1 unspecified atom stereocenters. The van der Waals surface area contributed by atoms with Crippen LogP contribution < -0.4 is 4.90 Å². The van der Waals surface area contributed by atoms with E-state index in [2.05, 4.69) is 0 Å². The molecule has 3 aromatic rings. The normalized spacial score (nSPS) is 24.2. The molecule has 2 amide bonds. The van der Waals surface area contributed by atoms with Crippen molar-refractivity contribution in [2.75, 3.05) is 4.90 Å². The second-order valence-corrected chi connectivity index (χ2v) is 9.67. The number of anilines is 1. The lowest BCUT2D eigenvalue weighted by molar-refractivity contribution is -0.137. The van der Waals surface area contributed by atoms with Gasteiger partial charge in [0.15, 0.2) is 5.78 Å². The molecule has 5 nitrogen and oxygen atoms in total. The van der Waals surface area contributed by atoms with Gasteiger partial charge in [-0.2, -0.15) is 13.2 Å². The Bertz CT molecular complexity index is 1480. The second kappa shape index (κ2) is 8.31. The molecular formula is C28H18ClF3N2O3. The average Bonchev–Trinajstić information content (AvgIpc) is 3.36. The van der Waals surface area contributed by atoms with Crippen LogP contribution in [-0.2, 0) is 15.8 Å². The molecule has 0 aliphatic carbocycles. The number of Topliss-reactive ketones (excluding diaryl/α,β-unsaturated/α-hetero) is 1. The molecule has 3 aliphatic rings. The van der Waals surface area contributed by atoms with Crippen molar-refractivity contribution in [1.29, 1.82) is 0 Å². The highest BCUT2D eigenvalue weighted by Gasteiger charge is 2.65. The molecule has 9 heteroatoms. The van der Waals surface area contributed by atoms with E-state index in [-0.39, 0.29) is 5.56 Å². The van der Waals surface area contributed by atoms with Crippen LogP contribution in [0.4, 0.5) is 18.9 Å². The van der Waals surface area contributed by atoms with Gasteiger partial charge in [-0.25, -0.2) is 4.90 Å². The zero-order valence-corrected chi connectivity index (χ0v) is 19.8. The van der Waals surface area contributed by atoms with Gasteiger partial charge < -0.3 is 4.90 Å². The molecule has 3 aromatic carbocycles. The topological polar surface area (TPSA) is 57.7 Å². The summed E-state index contributed by atoms with van der Waals surface area (Å²) in [6.07, 6.45) is -1.28. The molecule has 0 aromatic heterocycles. The SMILES string of the molecule is O=C(c1ccc(Cl)cc1)[C@H]1[C@H]2C(=O)N(c3ccccc3C(F)(F)F)C(=O)[C@H]2C2c3ccccc3C=CN21. The predicted molar refractivity (Wildman–Crippen MR) is 131 cm³/mol. The summed E-state index contributed by atoms with van der Waals surface area (Å²) in [5, 5.41) is 0.424. The van der Waals surface area contributed by atoms with E-state index in [9.17, 15) is 27.6 Å². The average molecular weight is 523 g/mol. The summed E-state index contributed by atoms with van der Waals surface area (Å²) >= 11 is 5.98. The van der Waals surface area contributed by atoms with Gasteiger partial charge in [-0.1, -0.05) is 48.0 Å². The summed E-state index contributed by atoms with van der Waals surface area (Å²) < 4.78 is 41.5. The lowest BCUT2D eigenvalue weighted by Crippen LogP contribution is -2.44. The smallest absolute Gasteiger partial charge is 0.358 e. The van der Waals surface area contributed by atoms with E-state index in [0.29, 0.717) is 9.92 Å². The van der Waals surface area contributed by atoms with Gasteiger partial charge >= 0.3 is 6.18 Å². The molecule has 0 N–H and O–H groups in total. The number of halogens is 4. The van der Waals surface area contributed by atoms with Gasteiger partial charge in [-0.05, 0) is 53.6 Å². The Labute approximate surface area is 214 Å². The Morgan fingerprint density at radius 3 is 2.22 bits per heavy atom. The first-order valence-electron chi connectivity index (χ1n) is 11.6. The van der Waals surface area contributed by atoms with Crippen LogP contribution in [0.2, 0.25) is 5.02 Å². The van der Waals surface area contributed by atoms with Crippen LogP contribution in [0.5, 0.6) is 0 Å². The Hall–Kier alpha value is -3.91. The van der Waals surface area contributed by atoms with Crippen molar-refractivity contribution in [3.63, 3.8) is 0 Å². The lowest BCUT2D eigenvalue weighted by Gasteiger charge is -2.35. The van der Waals surface area contributed by atoms with Crippen LogP contribution in [0.25, 0.3) is 6.08 Å². The van der Waals surface area contributed by atoms with Crippen LogP contribution in [0.3, 0.4) is 0 Å². The first-order chi connectivity index (χ1) is 17.7. The Kier molecular flexibility index (Phi) is 5.28. The number of alkyl halides is 3. The maximum atomic E-state index is 13.8. The predicted octanol–water partition coefficient (Wildman–Crippen LogP) is 5.76. The van der Waals surface area contributed by atoms with Gasteiger partial charge in [-0.3, -0.25) is 14.4 Å². The third-order valence-corrected chi connectivity index (χ3v) is 7.56. The molecule has 0 saturated carbocycles. The van der Waals surface area contributed by atoms with Gasteiger partial charge in [-0.15, -0.1) is 0 Å². The third-order valence-electron chi connectivity index (χ3n) is 7.31. The third kappa shape index (κ3) is 3.50. The maximum absolute atomic E-state index is 13.8. The summed E-state index contributed by atoms with van der Waals surface area (Å²) in [7, 11) is 0. The van der Waals surface area contributed by atoms with E-state index in [4.69, 9.17) is 11.6 Å². The zero-order chi connectivity index (χ0) is 26.1. The fourth-order valence-corrected chi connectivity index (χ4v) is 5.91. The summed E-state index contributed by atoms with van der Waals surface area (Å²) in [6.45, 7) is 0. The first-order valence-corrected chi connectivity index (χ1v) is 11.9. The monoisotopic (exact) mass is 522 g/mol. The minimum absolute atomic E-state index is 0.287. The molecule has 2 saturated heterocycles. The number of rotatable bonds is 3. The van der Waals surface area contributed by atoms with E-state index in [1.807, 2.05) is 18.2 Å². The van der Waals surface area contributed by atoms with Crippen molar-refractivity contribution < 1.29 is 27.6 Å². The van der Waals surface area contributed by atoms with Crippen molar-refractivity contribution >= 4 is 41.0 Å². The molecule has 6 rings (SSSR count). The number of fused-ring (bicyclic) bond motifs is 5. The molecule has 0 radical (unpaired) electrons. The number of imide groups is 1. The second-order valence-electron chi connectivity index (χ2n) is 9.23. The largest absolute Gasteiger partial charge is 0.418 e. The Morgan fingerprint density at radius 2 is 1.49 bits per heavy atom. The minimum Gasteiger partial charge on any atom is -0.358 e. The van der Waals surface area contributed by atoms with E-state index in [1.165, 1.54) is 24.3 Å². The molecule has 186 valence electrons. The number of hydrogen-bond donors (Lipinski definition) is 0. The Morgan fingerprint density at radius 1 is 0.838 bits per heavy atom. The van der Waals surface area contributed by atoms with Gasteiger partial charge in [0, 0.05) is 16.8 Å². The van der Waals surface area contributed by atoms with E-state index >= 15 is 0 Å². The summed E-state index contributed by atoms with van der Waals surface area (Å²) in [4.78, 5) is 43.8. The van der Waals surface area contributed by atoms with Crippen LogP contribution in [0.1, 0.15) is 33.1 Å². The van der Waals surface area contributed by atoms with Crippen molar-refractivity contribution in [2.24, 2.45) is 11.8 Å². The van der Waals surface area contributed by atoms with Crippen molar-refractivity contribution in [3.05, 3.63) is 106 Å². The fraction of sp³-hybridized carbons (Fsp3) is 0.179. The molecular weight excluding hydrogens is 505 g/mol. The molecule has 3 aliphatic heterocycles. The number of nitrogens with zero attached hydrogens (tertiary/aromatic N) is 2. The molecule has 3 heterocycles. The number of hydrogen-bond acceptors (Lipinski definition) is 4. The lowest BCUT2D eigenvalue weighted by atomic mass is 9.83. The number of para-hydroxylation sites is 1. The number of carbonyl (C=O) groups is 3. The van der Waals surface area contributed by atoms with E-state index in [0.717, 1.165) is 23.3 Å². The Balaban J connectivity index is 1.51. The quantitative estimate of drug-likeness (QED) is 0.324. The standard InChI is InChI=1S/C28H18ClF3N2O3/c29-17-11-9-16(10-12-17)25(35)24-22-21(23-18-6-2-1-5-15(18)13-14-33(23)24)26(36)34(27(22)37)20-8-4-3-7-19(20)28(30,31)32/h1-14,21-24H/t21-,22+,23?,24-/m1/s1. The first kappa shape index (κ1) is 23.5. The van der Waals surface area contributed by atoms with Crippen LogP contribution in [0, 0.1) is 11.8 Å². The molecule has 0 bridgehead atoms. The summed E-state index contributed by atoms with van der Waals surface area (Å²) in [5.41, 5.74) is 0.228. The highest BCUT2D eigenvalue weighted by Crippen LogP contribution is 2.54. The molecule has 4 atom stereocenters. The number of carbonyl (C=O) groups excluding carboxylic acids is 3. The van der Waals surface area contributed by atoms with Crippen molar-refractivity contribution in [3.8, 4) is 0 Å². The van der Waals surface area contributed by atoms with Crippen LogP contribution in [-0.4, -0.2) is 28.5 Å². The van der Waals surface area contributed by atoms with E-state index < -0.39 is 58.9 Å². The van der Waals surface area contributed by atoms with Crippen LogP contribution >= 0.6 is 11.6 Å². The van der Waals surface area contributed by atoms with Gasteiger partial charge in [0.1, 0.15) is 6.04 Å². The molecule has 0 spiro atoms. The number of ketones is 1. The van der Waals surface area contributed by atoms with Crippen molar-refractivity contribution in [2.45, 2.75) is 18.3 Å². The molecule has 2 fully saturated rings. The van der Waals surface area contributed by atoms with Gasteiger partial charge in [0.25, 0.3) is 0 Å². The number of amides is 2. The van der Waals surface area contributed by atoms with Gasteiger partial charge in [0.05, 0.1) is 29.1 Å².